The van der Waals surface area contributed by atoms with Crippen LogP contribution < -0.4 is 9.91 Å². The first-order valence-electron chi connectivity index (χ1n) is 8.53. The van der Waals surface area contributed by atoms with Crippen molar-refractivity contribution in [3.63, 3.8) is 0 Å². The van der Waals surface area contributed by atoms with Crippen LogP contribution >= 0.6 is 0 Å². The van der Waals surface area contributed by atoms with Crippen molar-refractivity contribution in [3.8, 4) is 11.1 Å². The Kier molecular flexibility index (Phi) is 3.31. The molecule has 3 aromatic rings. The van der Waals surface area contributed by atoms with Crippen LogP contribution in [-0.2, 0) is 6.18 Å². The van der Waals surface area contributed by atoms with Crippen LogP contribution in [0.3, 0.4) is 0 Å². The van der Waals surface area contributed by atoms with Crippen molar-refractivity contribution in [2.75, 3.05) is 16.6 Å². The molecule has 5 rings (SSSR count). The lowest BCUT2D eigenvalue weighted by Gasteiger charge is -2.29. The largest absolute Gasteiger partial charge is 0.418 e. The zero-order valence-electron chi connectivity index (χ0n) is 14.1. The summed E-state index contributed by atoms with van der Waals surface area (Å²) in [6, 6.07) is 21.3. The minimum absolute atomic E-state index is 0.0573. The Labute approximate surface area is 154 Å². The molecule has 2 heterocycles. The predicted molar refractivity (Wildman–Crippen MR) is 99.7 cm³/mol. The van der Waals surface area contributed by atoms with Crippen molar-refractivity contribution in [1.29, 1.82) is 0 Å². The lowest BCUT2D eigenvalue weighted by molar-refractivity contribution is -0.137. The second kappa shape index (κ2) is 5.61. The molecule has 0 atom stereocenters. The molecule has 0 saturated carbocycles. The molecule has 0 aromatic heterocycles. The van der Waals surface area contributed by atoms with Crippen LogP contribution in [0.25, 0.3) is 11.1 Å². The fraction of sp³-hybridized carbons (Fsp3) is 0.0952. The number of hydrogen-bond donors (Lipinski definition) is 0. The van der Waals surface area contributed by atoms with E-state index in [-0.39, 0.29) is 12.4 Å². The number of anilines is 2. The monoisotopic (exact) mass is 365 g/mol. The number of para-hydroxylation sites is 2. The van der Waals surface area contributed by atoms with Gasteiger partial charge in [0.05, 0.1) is 16.9 Å². The number of alkyl halides is 3. The third-order valence-corrected chi connectivity index (χ3v) is 4.89. The summed E-state index contributed by atoms with van der Waals surface area (Å²) < 4.78 is 40.4. The van der Waals surface area contributed by atoms with E-state index in [1.165, 1.54) is 17.1 Å². The van der Waals surface area contributed by atoms with Gasteiger partial charge in [0.1, 0.15) is 6.67 Å². The quantitative estimate of drug-likeness (QED) is 0.580. The van der Waals surface area contributed by atoms with Gasteiger partial charge in [-0.2, -0.15) is 18.3 Å². The van der Waals surface area contributed by atoms with Crippen LogP contribution in [0.2, 0.25) is 0 Å². The third kappa shape index (κ3) is 2.40. The fourth-order valence-electron chi connectivity index (χ4n) is 3.71. The van der Waals surface area contributed by atoms with Gasteiger partial charge in [-0.05, 0) is 23.8 Å². The van der Waals surface area contributed by atoms with Gasteiger partial charge in [0.2, 0.25) is 0 Å². The molecule has 3 nitrogen and oxygen atoms in total. The summed E-state index contributed by atoms with van der Waals surface area (Å²) in [5.41, 5.74) is 3.33. The van der Waals surface area contributed by atoms with Crippen molar-refractivity contribution >= 4 is 17.2 Å². The standard InChI is InChI=1S/C21H14F3N3/c22-21(23,24)17-10-4-6-12-19(17)27-13-26-18-11-5-3-8-15(18)14-7-1-2-9-16(14)20(26)25-27/h1-12H,13H2. The van der Waals surface area contributed by atoms with Gasteiger partial charge in [-0.25, -0.2) is 5.01 Å². The maximum Gasteiger partial charge on any atom is 0.418 e. The molecule has 0 bridgehead atoms. The fourth-order valence-corrected chi connectivity index (χ4v) is 3.71. The van der Waals surface area contributed by atoms with Gasteiger partial charge in [-0.1, -0.05) is 54.6 Å². The molecule has 0 saturated heterocycles. The Bertz CT molecular complexity index is 1070. The van der Waals surface area contributed by atoms with E-state index in [1.54, 1.807) is 6.07 Å². The Morgan fingerprint density at radius 3 is 2.04 bits per heavy atom. The lowest BCUT2D eigenvalue weighted by Crippen LogP contribution is -2.34. The van der Waals surface area contributed by atoms with Crippen LogP contribution in [0.4, 0.5) is 24.5 Å². The summed E-state index contributed by atoms with van der Waals surface area (Å²) in [6.45, 7) is 0.230. The number of nitrogens with zero attached hydrogens (tertiary/aromatic N) is 3. The number of benzene rings is 3. The SMILES string of the molecule is FC(F)(F)c1ccccc1N1CN2C(=N1)c1ccccc1-c1ccccc12. The highest BCUT2D eigenvalue weighted by molar-refractivity contribution is 6.20. The summed E-state index contributed by atoms with van der Waals surface area (Å²) in [4.78, 5) is 1.96. The smallest absolute Gasteiger partial charge is 0.304 e. The molecule has 0 radical (unpaired) electrons. The van der Waals surface area contributed by atoms with Crippen molar-refractivity contribution in [2.45, 2.75) is 6.18 Å². The van der Waals surface area contributed by atoms with Crippen LogP contribution in [0, 0.1) is 0 Å². The molecular weight excluding hydrogens is 351 g/mol. The summed E-state index contributed by atoms with van der Waals surface area (Å²) in [5.74, 6) is 0.668. The van der Waals surface area contributed by atoms with E-state index in [0.717, 1.165) is 28.4 Å². The van der Waals surface area contributed by atoms with E-state index < -0.39 is 11.7 Å². The Hall–Kier alpha value is -3.28. The lowest BCUT2D eigenvalue weighted by atomic mass is 9.93. The summed E-state index contributed by atoms with van der Waals surface area (Å²) in [7, 11) is 0. The zero-order chi connectivity index (χ0) is 18.6. The van der Waals surface area contributed by atoms with E-state index in [9.17, 15) is 13.2 Å². The normalized spacial score (nSPS) is 15.1. The molecule has 0 unspecified atom stereocenters. The molecule has 134 valence electrons. The van der Waals surface area contributed by atoms with Crippen LogP contribution in [0.1, 0.15) is 11.1 Å². The highest BCUT2D eigenvalue weighted by Gasteiger charge is 2.38. The van der Waals surface area contributed by atoms with Gasteiger partial charge >= 0.3 is 6.18 Å². The number of fused-ring (bicyclic) bond motifs is 6. The molecule has 0 aliphatic carbocycles. The van der Waals surface area contributed by atoms with E-state index in [1.807, 2.05) is 53.4 Å². The molecule has 0 fully saturated rings. The maximum atomic E-state index is 13.5. The Morgan fingerprint density at radius 1 is 0.704 bits per heavy atom. The first-order valence-corrected chi connectivity index (χ1v) is 8.53. The van der Waals surface area contributed by atoms with Crippen molar-refractivity contribution in [3.05, 3.63) is 83.9 Å². The van der Waals surface area contributed by atoms with E-state index in [2.05, 4.69) is 5.10 Å². The number of amidine groups is 1. The molecule has 6 heteroatoms. The predicted octanol–water partition coefficient (Wildman–Crippen LogP) is 5.33. The van der Waals surface area contributed by atoms with Crippen LogP contribution in [-0.4, -0.2) is 12.5 Å². The number of hydrogen-bond acceptors (Lipinski definition) is 3. The highest BCUT2D eigenvalue weighted by atomic mass is 19.4. The van der Waals surface area contributed by atoms with Gasteiger partial charge in [-0.15, -0.1) is 0 Å². The third-order valence-electron chi connectivity index (χ3n) is 4.89. The molecule has 2 aliphatic rings. The second-order valence-corrected chi connectivity index (χ2v) is 6.47. The van der Waals surface area contributed by atoms with Gasteiger partial charge in [0.15, 0.2) is 5.84 Å². The van der Waals surface area contributed by atoms with Gasteiger partial charge in [0.25, 0.3) is 0 Å². The number of halogens is 3. The molecule has 0 spiro atoms. The average Bonchev–Trinajstić information content (AvgIpc) is 3.13. The molecule has 2 aliphatic heterocycles. The van der Waals surface area contributed by atoms with Crippen molar-refractivity contribution in [1.82, 2.24) is 0 Å². The molecular formula is C21H14F3N3. The Balaban J connectivity index is 1.68. The second-order valence-electron chi connectivity index (χ2n) is 6.47. The van der Waals surface area contributed by atoms with E-state index in [0.29, 0.717) is 5.84 Å². The van der Waals surface area contributed by atoms with E-state index >= 15 is 0 Å². The topological polar surface area (TPSA) is 18.8 Å². The number of hydrazone groups is 1. The zero-order valence-corrected chi connectivity index (χ0v) is 14.1. The van der Waals surface area contributed by atoms with E-state index in [4.69, 9.17) is 0 Å². The highest BCUT2D eigenvalue weighted by Crippen LogP contribution is 2.43. The summed E-state index contributed by atoms with van der Waals surface area (Å²) in [5, 5.41) is 6.00. The van der Waals surface area contributed by atoms with Gasteiger partial charge in [-0.3, -0.25) is 0 Å². The summed E-state index contributed by atoms with van der Waals surface area (Å²) in [6.07, 6.45) is -4.43. The van der Waals surface area contributed by atoms with Gasteiger partial charge in [0, 0.05) is 11.1 Å². The molecule has 0 N–H and O–H groups in total. The van der Waals surface area contributed by atoms with Crippen LogP contribution in [0.5, 0.6) is 0 Å². The number of rotatable bonds is 1. The molecule has 0 amide bonds. The van der Waals surface area contributed by atoms with Crippen molar-refractivity contribution in [2.24, 2.45) is 5.10 Å². The van der Waals surface area contributed by atoms with Crippen molar-refractivity contribution < 1.29 is 13.2 Å². The first-order chi connectivity index (χ1) is 13.0. The summed E-state index contributed by atoms with van der Waals surface area (Å²) >= 11 is 0. The van der Waals surface area contributed by atoms with Gasteiger partial charge < -0.3 is 4.90 Å². The minimum atomic E-state index is -4.43. The average molecular weight is 365 g/mol. The minimum Gasteiger partial charge on any atom is -0.304 e. The molecule has 3 aromatic carbocycles. The maximum absolute atomic E-state index is 13.5. The first kappa shape index (κ1) is 15.9. The Morgan fingerprint density at radius 2 is 1.30 bits per heavy atom. The molecule has 27 heavy (non-hydrogen) atoms. The van der Waals surface area contributed by atoms with Crippen LogP contribution in [0.15, 0.2) is 77.9 Å².